The van der Waals surface area contributed by atoms with Crippen molar-refractivity contribution in [3.05, 3.63) is 35.2 Å². The maximum Gasteiger partial charge on any atom is 0.249 e. The minimum atomic E-state index is 0.193. The lowest BCUT2D eigenvalue weighted by atomic mass is 9.94. The molecule has 6 nitrogen and oxygen atoms in total. The molecule has 3 rings (SSSR count). The van der Waals surface area contributed by atoms with E-state index in [1.165, 1.54) is 19.3 Å². The van der Waals surface area contributed by atoms with Crippen LogP contribution in [-0.4, -0.2) is 51.6 Å². The highest BCUT2D eigenvalue weighted by Gasteiger charge is 2.26. The molecule has 1 fully saturated rings. The SMILES string of the molecule is CCCN(CC(=O)N(CC)C1CCCCC1)Cc1nnc(-c2ccccc2Cl)o1. The highest BCUT2D eigenvalue weighted by molar-refractivity contribution is 6.33. The van der Waals surface area contributed by atoms with E-state index >= 15 is 0 Å². The van der Waals surface area contributed by atoms with E-state index in [9.17, 15) is 4.79 Å². The number of likely N-dealkylation sites (N-methyl/N-ethyl adjacent to an activating group) is 1. The first-order valence-electron chi connectivity index (χ1n) is 10.7. The van der Waals surface area contributed by atoms with Crippen LogP contribution in [0.3, 0.4) is 0 Å². The van der Waals surface area contributed by atoms with Crippen molar-refractivity contribution >= 4 is 17.5 Å². The van der Waals surface area contributed by atoms with Gasteiger partial charge < -0.3 is 9.32 Å². The van der Waals surface area contributed by atoms with Gasteiger partial charge in [-0.2, -0.15) is 0 Å². The number of amides is 1. The molecule has 0 atom stereocenters. The van der Waals surface area contributed by atoms with Crippen molar-refractivity contribution in [3.63, 3.8) is 0 Å². The zero-order chi connectivity index (χ0) is 20.6. The van der Waals surface area contributed by atoms with Gasteiger partial charge in [0.15, 0.2) is 0 Å². The topological polar surface area (TPSA) is 62.5 Å². The Bertz CT molecular complexity index is 789. The Morgan fingerprint density at radius 1 is 1.17 bits per heavy atom. The number of carbonyl (C=O) groups is 1. The lowest BCUT2D eigenvalue weighted by molar-refractivity contribution is -0.135. The summed E-state index contributed by atoms with van der Waals surface area (Å²) in [6, 6.07) is 7.80. The van der Waals surface area contributed by atoms with Crippen LogP contribution in [0, 0.1) is 0 Å². The first-order chi connectivity index (χ1) is 14.1. The second-order valence-electron chi connectivity index (χ2n) is 7.66. The van der Waals surface area contributed by atoms with Crippen LogP contribution in [0.2, 0.25) is 5.02 Å². The molecule has 0 radical (unpaired) electrons. The average molecular weight is 419 g/mol. The van der Waals surface area contributed by atoms with Gasteiger partial charge in [-0.25, -0.2) is 0 Å². The van der Waals surface area contributed by atoms with Crippen LogP contribution in [-0.2, 0) is 11.3 Å². The van der Waals surface area contributed by atoms with Crippen LogP contribution in [0.15, 0.2) is 28.7 Å². The van der Waals surface area contributed by atoms with E-state index < -0.39 is 0 Å². The van der Waals surface area contributed by atoms with E-state index in [1.807, 2.05) is 18.2 Å². The zero-order valence-electron chi connectivity index (χ0n) is 17.4. The number of carbonyl (C=O) groups excluding carboxylic acids is 1. The highest BCUT2D eigenvalue weighted by atomic mass is 35.5. The molecule has 1 aliphatic carbocycles. The maximum absolute atomic E-state index is 13.0. The number of benzene rings is 1. The molecule has 1 aliphatic rings. The molecule has 0 unspecified atom stereocenters. The summed E-state index contributed by atoms with van der Waals surface area (Å²) in [5.74, 6) is 1.10. The number of aromatic nitrogens is 2. The minimum absolute atomic E-state index is 0.193. The molecule has 2 aromatic rings. The maximum atomic E-state index is 13.0. The van der Waals surface area contributed by atoms with Gasteiger partial charge in [0.1, 0.15) is 0 Å². The molecule has 1 aromatic heterocycles. The van der Waals surface area contributed by atoms with Crippen LogP contribution >= 0.6 is 11.6 Å². The predicted molar refractivity (Wildman–Crippen MR) is 115 cm³/mol. The Morgan fingerprint density at radius 2 is 1.93 bits per heavy atom. The lowest BCUT2D eigenvalue weighted by Crippen LogP contribution is -2.46. The number of hydrogen-bond donors (Lipinski definition) is 0. The molecule has 0 N–H and O–H groups in total. The quantitative estimate of drug-likeness (QED) is 0.586. The van der Waals surface area contributed by atoms with Crippen LogP contribution in [0.5, 0.6) is 0 Å². The first-order valence-corrected chi connectivity index (χ1v) is 11.1. The zero-order valence-corrected chi connectivity index (χ0v) is 18.2. The van der Waals surface area contributed by atoms with Crippen molar-refractivity contribution in [2.24, 2.45) is 0 Å². The van der Waals surface area contributed by atoms with E-state index in [-0.39, 0.29) is 5.91 Å². The Balaban J connectivity index is 1.65. The molecule has 1 aromatic carbocycles. The molecule has 1 amide bonds. The summed E-state index contributed by atoms with van der Waals surface area (Å²) in [6.07, 6.45) is 6.93. The third kappa shape index (κ3) is 5.80. The summed E-state index contributed by atoms with van der Waals surface area (Å²) in [7, 11) is 0. The lowest BCUT2D eigenvalue weighted by Gasteiger charge is -2.35. The monoisotopic (exact) mass is 418 g/mol. The van der Waals surface area contributed by atoms with E-state index in [2.05, 4.69) is 33.8 Å². The molecule has 0 aliphatic heterocycles. The molecular formula is C22H31ClN4O2. The molecule has 0 bridgehead atoms. The summed E-state index contributed by atoms with van der Waals surface area (Å²) in [5.41, 5.74) is 0.723. The van der Waals surface area contributed by atoms with Gasteiger partial charge >= 0.3 is 0 Å². The summed E-state index contributed by atoms with van der Waals surface area (Å²) in [6.45, 7) is 6.59. The van der Waals surface area contributed by atoms with Gasteiger partial charge in [-0.15, -0.1) is 10.2 Å². The van der Waals surface area contributed by atoms with E-state index in [0.717, 1.165) is 37.9 Å². The third-order valence-corrected chi connectivity index (χ3v) is 5.83. The van der Waals surface area contributed by atoms with Gasteiger partial charge in [0.25, 0.3) is 0 Å². The molecule has 0 spiro atoms. The fraction of sp³-hybridized carbons (Fsp3) is 0.591. The van der Waals surface area contributed by atoms with Gasteiger partial charge in [-0.05, 0) is 44.9 Å². The van der Waals surface area contributed by atoms with Crippen molar-refractivity contribution in [2.75, 3.05) is 19.6 Å². The largest absolute Gasteiger partial charge is 0.419 e. The standard InChI is InChI=1S/C22H31ClN4O2/c1-3-14-26(16-21(28)27(4-2)17-10-6-5-7-11-17)15-20-24-25-22(29-20)18-12-8-9-13-19(18)23/h8-9,12-13,17H,3-7,10-11,14-16H2,1-2H3. The van der Waals surface area contributed by atoms with Crippen molar-refractivity contribution in [1.29, 1.82) is 0 Å². The van der Waals surface area contributed by atoms with Gasteiger partial charge in [-0.3, -0.25) is 9.69 Å². The normalized spacial score (nSPS) is 15.0. The summed E-state index contributed by atoms with van der Waals surface area (Å²) < 4.78 is 5.84. The fourth-order valence-corrected chi connectivity index (χ4v) is 4.31. The molecule has 158 valence electrons. The third-order valence-electron chi connectivity index (χ3n) is 5.51. The summed E-state index contributed by atoms with van der Waals surface area (Å²) >= 11 is 6.23. The number of halogens is 1. The van der Waals surface area contributed by atoms with E-state index in [4.69, 9.17) is 16.0 Å². The second kappa shape index (κ2) is 10.7. The molecule has 29 heavy (non-hydrogen) atoms. The van der Waals surface area contributed by atoms with Crippen LogP contribution in [0.4, 0.5) is 0 Å². The molecular weight excluding hydrogens is 388 g/mol. The Hall–Kier alpha value is -1.92. The second-order valence-corrected chi connectivity index (χ2v) is 8.07. The van der Waals surface area contributed by atoms with Gasteiger partial charge in [0, 0.05) is 12.6 Å². The highest BCUT2D eigenvalue weighted by Crippen LogP contribution is 2.26. The van der Waals surface area contributed by atoms with Crippen LogP contribution in [0.1, 0.15) is 58.3 Å². The van der Waals surface area contributed by atoms with Gasteiger partial charge in [-0.1, -0.05) is 49.9 Å². The number of hydrogen-bond acceptors (Lipinski definition) is 5. The van der Waals surface area contributed by atoms with Crippen molar-refractivity contribution in [3.8, 4) is 11.5 Å². The Labute approximate surface area is 178 Å². The van der Waals surface area contributed by atoms with Crippen molar-refractivity contribution < 1.29 is 9.21 Å². The van der Waals surface area contributed by atoms with Crippen molar-refractivity contribution in [1.82, 2.24) is 20.0 Å². The Kier molecular flexibility index (Phi) is 8.07. The predicted octanol–water partition coefficient (Wildman–Crippen LogP) is 4.78. The van der Waals surface area contributed by atoms with E-state index in [0.29, 0.717) is 35.9 Å². The fourth-order valence-electron chi connectivity index (χ4n) is 4.10. The molecule has 0 saturated heterocycles. The number of rotatable bonds is 9. The molecule has 1 saturated carbocycles. The first kappa shape index (κ1) is 21.8. The van der Waals surface area contributed by atoms with E-state index in [1.54, 1.807) is 6.07 Å². The summed E-state index contributed by atoms with van der Waals surface area (Å²) in [5, 5.41) is 8.90. The molecule has 7 heteroatoms. The van der Waals surface area contributed by atoms with Gasteiger partial charge in [0.2, 0.25) is 17.7 Å². The van der Waals surface area contributed by atoms with Crippen LogP contribution < -0.4 is 0 Å². The van der Waals surface area contributed by atoms with Gasteiger partial charge in [0.05, 0.1) is 23.7 Å². The van der Waals surface area contributed by atoms with Crippen molar-refractivity contribution in [2.45, 2.75) is 65.0 Å². The molecule has 1 heterocycles. The number of nitrogens with zero attached hydrogens (tertiary/aromatic N) is 4. The average Bonchev–Trinajstić information content (AvgIpc) is 3.18. The Morgan fingerprint density at radius 3 is 2.62 bits per heavy atom. The van der Waals surface area contributed by atoms with Crippen LogP contribution in [0.25, 0.3) is 11.5 Å². The summed E-state index contributed by atoms with van der Waals surface area (Å²) in [4.78, 5) is 17.2. The smallest absolute Gasteiger partial charge is 0.249 e. The minimum Gasteiger partial charge on any atom is -0.419 e.